The Morgan fingerprint density at radius 2 is 2.00 bits per heavy atom. The average Bonchev–Trinajstić information content (AvgIpc) is 2.49. The summed E-state index contributed by atoms with van der Waals surface area (Å²) in [5.74, 6) is -0.0172. The lowest BCUT2D eigenvalue weighted by molar-refractivity contribution is -0.138. The predicted molar refractivity (Wildman–Crippen MR) is 87.4 cm³/mol. The van der Waals surface area contributed by atoms with Gasteiger partial charge in [-0.15, -0.1) is 0 Å². The van der Waals surface area contributed by atoms with Crippen molar-refractivity contribution in [3.05, 3.63) is 54.2 Å². The normalized spacial score (nSPS) is 12.1. The summed E-state index contributed by atoms with van der Waals surface area (Å²) in [4.78, 5) is 16.9. The van der Waals surface area contributed by atoms with Crippen LogP contribution < -0.4 is 5.32 Å². The molecule has 0 fully saturated rings. The van der Waals surface area contributed by atoms with Gasteiger partial charge in [0, 0.05) is 17.9 Å². The monoisotopic (exact) mass is 299 g/mol. The highest BCUT2D eigenvalue weighted by Crippen LogP contribution is 2.15. The quantitative estimate of drug-likeness (QED) is 0.823. The molecule has 1 heterocycles. The molecule has 0 amide bonds. The van der Waals surface area contributed by atoms with E-state index in [9.17, 15) is 4.79 Å². The second-order valence-corrected chi connectivity index (χ2v) is 5.40. The van der Waals surface area contributed by atoms with Crippen LogP contribution >= 0.6 is 0 Å². The van der Waals surface area contributed by atoms with E-state index < -0.39 is 5.97 Å². The third kappa shape index (κ3) is 4.86. The highest BCUT2D eigenvalue weighted by Gasteiger charge is 2.13. The van der Waals surface area contributed by atoms with Gasteiger partial charge in [0.05, 0.1) is 6.54 Å². The van der Waals surface area contributed by atoms with Gasteiger partial charge in [-0.2, -0.15) is 0 Å². The van der Waals surface area contributed by atoms with Crippen molar-refractivity contribution in [3.8, 4) is 0 Å². The number of para-hydroxylation sites is 1. The molecule has 0 aliphatic heterocycles. The van der Waals surface area contributed by atoms with E-state index in [1.54, 1.807) is 0 Å². The molecule has 0 aliphatic carbocycles. The van der Waals surface area contributed by atoms with Gasteiger partial charge in [0.25, 0.3) is 0 Å². The molecule has 0 bridgehead atoms. The molecule has 1 aromatic carbocycles. The van der Waals surface area contributed by atoms with Gasteiger partial charge in [-0.05, 0) is 44.2 Å². The van der Waals surface area contributed by atoms with Crippen molar-refractivity contribution >= 4 is 17.5 Å². The fourth-order valence-electron chi connectivity index (χ4n) is 2.15. The van der Waals surface area contributed by atoms with Crippen LogP contribution in [-0.4, -0.2) is 40.6 Å². The molecule has 5 heteroatoms. The average molecular weight is 299 g/mol. The fourth-order valence-corrected chi connectivity index (χ4v) is 2.15. The second kappa shape index (κ2) is 7.56. The van der Waals surface area contributed by atoms with Crippen molar-refractivity contribution in [3.63, 3.8) is 0 Å². The van der Waals surface area contributed by atoms with Crippen LogP contribution in [0.4, 0.5) is 11.5 Å². The number of aromatic nitrogens is 1. The van der Waals surface area contributed by atoms with Crippen LogP contribution in [0.5, 0.6) is 0 Å². The number of rotatable bonds is 7. The Balaban J connectivity index is 1.93. The lowest BCUT2D eigenvalue weighted by Crippen LogP contribution is -2.35. The third-order valence-corrected chi connectivity index (χ3v) is 3.54. The number of pyridine rings is 1. The summed E-state index contributed by atoms with van der Waals surface area (Å²) in [6, 6.07) is 14.0. The Morgan fingerprint density at radius 3 is 2.59 bits per heavy atom. The van der Waals surface area contributed by atoms with E-state index >= 15 is 0 Å². The lowest BCUT2D eigenvalue weighted by atomic mass is 10.1. The van der Waals surface area contributed by atoms with Crippen molar-refractivity contribution in [1.82, 2.24) is 9.88 Å². The second-order valence-electron chi connectivity index (χ2n) is 5.40. The van der Waals surface area contributed by atoms with Crippen LogP contribution in [0.1, 0.15) is 12.5 Å². The summed E-state index contributed by atoms with van der Waals surface area (Å²) in [5.41, 5.74) is 2.08. The molecule has 2 N–H and O–H groups in total. The van der Waals surface area contributed by atoms with Crippen molar-refractivity contribution < 1.29 is 9.90 Å². The largest absolute Gasteiger partial charge is 0.480 e. The molecule has 5 nitrogen and oxygen atoms in total. The highest BCUT2D eigenvalue weighted by molar-refractivity contribution is 5.69. The molecule has 0 radical (unpaired) electrons. The van der Waals surface area contributed by atoms with Gasteiger partial charge >= 0.3 is 5.97 Å². The Hall–Kier alpha value is -2.40. The Bertz CT molecular complexity index is 599. The SMILES string of the molecule is C[C@H](Cc1ccc(Nc2ccccc2)nc1)N(C)CC(=O)O. The molecular weight excluding hydrogens is 278 g/mol. The molecule has 0 saturated carbocycles. The number of hydrogen-bond acceptors (Lipinski definition) is 4. The number of benzene rings is 1. The zero-order valence-corrected chi connectivity index (χ0v) is 12.9. The first-order valence-corrected chi connectivity index (χ1v) is 7.23. The van der Waals surface area contributed by atoms with E-state index in [1.165, 1.54) is 0 Å². The van der Waals surface area contributed by atoms with Crippen LogP contribution in [0, 0.1) is 0 Å². The van der Waals surface area contributed by atoms with E-state index in [4.69, 9.17) is 5.11 Å². The first-order chi connectivity index (χ1) is 10.5. The van der Waals surface area contributed by atoms with Crippen molar-refractivity contribution in [2.24, 2.45) is 0 Å². The number of aliphatic carboxylic acids is 1. The number of carboxylic acids is 1. The number of nitrogens with one attached hydrogen (secondary N) is 1. The summed E-state index contributed by atoms with van der Waals surface area (Å²) in [6.07, 6.45) is 2.60. The van der Waals surface area contributed by atoms with E-state index in [2.05, 4.69) is 10.3 Å². The van der Waals surface area contributed by atoms with Crippen LogP contribution in [0.25, 0.3) is 0 Å². The molecule has 1 atom stereocenters. The maximum Gasteiger partial charge on any atom is 0.317 e. The predicted octanol–water partition coefficient (Wildman–Crippen LogP) is 2.77. The highest BCUT2D eigenvalue weighted by atomic mass is 16.4. The number of likely N-dealkylation sites (N-methyl/N-ethyl adjacent to an activating group) is 1. The van der Waals surface area contributed by atoms with Gasteiger partial charge in [-0.1, -0.05) is 24.3 Å². The van der Waals surface area contributed by atoms with Crippen LogP contribution in [0.15, 0.2) is 48.7 Å². The molecule has 22 heavy (non-hydrogen) atoms. The van der Waals surface area contributed by atoms with Gasteiger partial charge in [-0.25, -0.2) is 4.98 Å². The molecule has 2 aromatic rings. The Morgan fingerprint density at radius 1 is 1.27 bits per heavy atom. The molecule has 0 unspecified atom stereocenters. The molecule has 1 aromatic heterocycles. The number of carboxylic acid groups (broad SMARTS) is 1. The van der Waals surface area contributed by atoms with E-state index in [0.717, 1.165) is 23.5 Å². The molecular formula is C17H21N3O2. The molecule has 0 saturated heterocycles. The fraction of sp³-hybridized carbons (Fsp3) is 0.294. The first-order valence-electron chi connectivity index (χ1n) is 7.23. The minimum absolute atomic E-state index is 0.0439. The van der Waals surface area contributed by atoms with Gasteiger partial charge < -0.3 is 10.4 Å². The van der Waals surface area contributed by atoms with Gasteiger partial charge in [0.2, 0.25) is 0 Å². The Kier molecular flexibility index (Phi) is 5.49. The topological polar surface area (TPSA) is 65.5 Å². The summed E-state index contributed by atoms with van der Waals surface area (Å²) >= 11 is 0. The summed E-state index contributed by atoms with van der Waals surface area (Å²) < 4.78 is 0. The molecule has 2 rings (SSSR count). The standard InChI is InChI=1S/C17H21N3O2/c1-13(20(2)12-17(21)22)10-14-8-9-16(18-11-14)19-15-6-4-3-5-7-15/h3-9,11,13H,10,12H2,1-2H3,(H,18,19)(H,21,22)/t13-/m1/s1. The van der Waals surface area contributed by atoms with E-state index in [0.29, 0.717) is 0 Å². The van der Waals surface area contributed by atoms with Gasteiger partial charge in [-0.3, -0.25) is 9.69 Å². The zero-order chi connectivity index (χ0) is 15.9. The van der Waals surface area contributed by atoms with Gasteiger partial charge in [0.15, 0.2) is 0 Å². The minimum atomic E-state index is -0.810. The summed E-state index contributed by atoms with van der Waals surface area (Å²) in [7, 11) is 1.82. The minimum Gasteiger partial charge on any atom is -0.480 e. The zero-order valence-electron chi connectivity index (χ0n) is 12.9. The van der Waals surface area contributed by atoms with Crippen molar-refractivity contribution in [2.75, 3.05) is 18.9 Å². The first kappa shape index (κ1) is 16.0. The number of nitrogens with zero attached hydrogens (tertiary/aromatic N) is 2. The van der Waals surface area contributed by atoms with Crippen molar-refractivity contribution in [1.29, 1.82) is 0 Å². The smallest absolute Gasteiger partial charge is 0.317 e. The maximum absolute atomic E-state index is 10.7. The molecule has 0 spiro atoms. The number of hydrogen-bond donors (Lipinski definition) is 2. The van der Waals surface area contributed by atoms with Crippen LogP contribution in [0.3, 0.4) is 0 Å². The van der Waals surface area contributed by atoms with Gasteiger partial charge in [0.1, 0.15) is 5.82 Å². The third-order valence-electron chi connectivity index (χ3n) is 3.54. The molecule has 0 aliphatic rings. The summed E-state index contributed by atoms with van der Waals surface area (Å²) in [5, 5.41) is 12.0. The maximum atomic E-state index is 10.7. The molecule has 116 valence electrons. The van der Waals surface area contributed by atoms with E-state index in [-0.39, 0.29) is 12.6 Å². The Labute approximate surface area is 130 Å². The summed E-state index contributed by atoms with van der Waals surface area (Å²) in [6.45, 7) is 2.06. The van der Waals surface area contributed by atoms with Crippen molar-refractivity contribution in [2.45, 2.75) is 19.4 Å². The lowest BCUT2D eigenvalue weighted by Gasteiger charge is -2.22. The van der Waals surface area contributed by atoms with Crippen LogP contribution in [-0.2, 0) is 11.2 Å². The van der Waals surface area contributed by atoms with Crippen LogP contribution in [0.2, 0.25) is 0 Å². The number of carbonyl (C=O) groups is 1. The van der Waals surface area contributed by atoms with E-state index in [1.807, 2.05) is 67.5 Å². The number of anilines is 2.